The second-order valence-electron chi connectivity index (χ2n) is 5.11. The maximum absolute atomic E-state index is 12.2. The smallest absolute Gasteiger partial charge is 0.261 e. The summed E-state index contributed by atoms with van der Waals surface area (Å²) in [5, 5.41) is 12.3. The SMILES string of the molecule is CCC(Oc1ccccc1)C(=O)NC1(CO)CCC1. The van der Waals surface area contributed by atoms with Crippen molar-refractivity contribution >= 4 is 5.91 Å². The molecule has 2 rings (SSSR count). The van der Waals surface area contributed by atoms with Gasteiger partial charge in [0.05, 0.1) is 12.1 Å². The lowest BCUT2D eigenvalue weighted by Gasteiger charge is -2.41. The van der Waals surface area contributed by atoms with E-state index in [4.69, 9.17) is 4.74 Å². The number of carbonyl (C=O) groups is 1. The van der Waals surface area contributed by atoms with Crippen LogP contribution in [0.1, 0.15) is 32.6 Å². The van der Waals surface area contributed by atoms with Gasteiger partial charge < -0.3 is 15.2 Å². The van der Waals surface area contributed by atoms with Crippen molar-refractivity contribution in [1.82, 2.24) is 5.32 Å². The van der Waals surface area contributed by atoms with Crippen LogP contribution in [-0.4, -0.2) is 29.3 Å². The van der Waals surface area contributed by atoms with Gasteiger partial charge in [0.1, 0.15) is 5.75 Å². The standard InChI is InChI=1S/C15H21NO3/c1-2-13(19-12-7-4-3-5-8-12)14(18)16-15(11-17)9-6-10-15/h3-5,7-8,13,17H,2,6,9-11H2,1H3,(H,16,18). The van der Waals surface area contributed by atoms with Crippen LogP contribution < -0.4 is 10.1 Å². The first-order valence-corrected chi connectivity index (χ1v) is 6.84. The van der Waals surface area contributed by atoms with Crippen LogP contribution in [0, 0.1) is 0 Å². The largest absolute Gasteiger partial charge is 0.481 e. The molecule has 1 aliphatic carbocycles. The fourth-order valence-corrected chi connectivity index (χ4v) is 2.25. The van der Waals surface area contributed by atoms with Gasteiger partial charge in [-0.1, -0.05) is 25.1 Å². The van der Waals surface area contributed by atoms with E-state index in [1.54, 1.807) is 0 Å². The Hall–Kier alpha value is -1.55. The van der Waals surface area contributed by atoms with E-state index in [-0.39, 0.29) is 12.5 Å². The summed E-state index contributed by atoms with van der Waals surface area (Å²) in [5.41, 5.74) is -0.412. The van der Waals surface area contributed by atoms with Crippen molar-refractivity contribution in [3.8, 4) is 5.75 Å². The molecule has 1 aromatic carbocycles. The van der Waals surface area contributed by atoms with Gasteiger partial charge in [0.2, 0.25) is 0 Å². The van der Waals surface area contributed by atoms with Gasteiger partial charge in [-0.15, -0.1) is 0 Å². The highest BCUT2D eigenvalue weighted by molar-refractivity contribution is 5.82. The van der Waals surface area contributed by atoms with Crippen LogP contribution >= 0.6 is 0 Å². The predicted molar refractivity (Wildman–Crippen MR) is 73.0 cm³/mol. The summed E-state index contributed by atoms with van der Waals surface area (Å²) >= 11 is 0. The van der Waals surface area contributed by atoms with Crippen LogP contribution in [0.3, 0.4) is 0 Å². The van der Waals surface area contributed by atoms with E-state index < -0.39 is 11.6 Å². The molecular formula is C15H21NO3. The first kappa shape index (κ1) is 13.9. The first-order valence-electron chi connectivity index (χ1n) is 6.84. The zero-order valence-electron chi connectivity index (χ0n) is 11.3. The molecule has 4 heteroatoms. The highest BCUT2D eigenvalue weighted by atomic mass is 16.5. The molecule has 0 heterocycles. The Balaban J connectivity index is 1.95. The first-order chi connectivity index (χ1) is 9.19. The van der Waals surface area contributed by atoms with Crippen molar-refractivity contribution in [2.75, 3.05) is 6.61 Å². The Morgan fingerprint density at radius 3 is 2.58 bits per heavy atom. The highest BCUT2D eigenvalue weighted by Gasteiger charge is 2.39. The fourth-order valence-electron chi connectivity index (χ4n) is 2.25. The number of amides is 1. The number of nitrogens with one attached hydrogen (secondary N) is 1. The second kappa shape index (κ2) is 6.06. The molecule has 1 unspecified atom stereocenters. The van der Waals surface area contributed by atoms with Crippen molar-refractivity contribution in [1.29, 1.82) is 0 Å². The Morgan fingerprint density at radius 2 is 2.11 bits per heavy atom. The predicted octanol–water partition coefficient (Wildman–Crippen LogP) is 1.88. The normalized spacial score (nSPS) is 18.2. The molecule has 4 nitrogen and oxygen atoms in total. The summed E-state index contributed by atoms with van der Waals surface area (Å²) in [7, 11) is 0. The molecule has 1 fully saturated rings. The number of aliphatic hydroxyl groups is 1. The number of ether oxygens (including phenoxy) is 1. The summed E-state index contributed by atoms with van der Waals surface area (Å²) in [6, 6.07) is 9.33. The van der Waals surface area contributed by atoms with Gasteiger partial charge in [0, 0.05) is 0 Å². The van der Waals surface area contributed by atoms with E-state index in [0.29, 0.717) is 12.2 Å². The van der Waals surface area contributed by atoms with Gasteiger partial charge in [-0.25, -0.2) is 0 Å². The molecule has 0 aromatic heterocycles. The van der Waals surface area contributed by atoms with Crippen LogP contribution in [-0.2, 0) is 4.79 Å². The Bertz CT molecular complexity index is 409. The Kier molecular flexibility index (Phi) is 4.43. The van der Waals surface area contributed by atoms with Gasteiger partial charge in [-0.2, -0.15) is 0 Å². The van der Waals surface area contributed by atoms with Crippen LogP contribution in [0.25, 0.3) is 0 Å². The van der Waals surface area contributed by atoms with Crippen molar-refractivity contribution in [2.45, 2.75) is 44.2 Å². The lowest BCUT2D eigenvalue weighted by Crippen LogP contribution is -2.58. The molecule has 104 valence electrons. The van der Waals surface area contributed by atoms with E-state index in [2.05, 4.69) is 5.32 Å². The van der Waals surface area contributed by atoms with E-state index in [1.807, 2.05) is 37.3 Å². The van der Waals surface area contributed by atoms with Gasteiger partial charge in [0.15, 0.2) is 6.10 Å². The minimum Gasteiger partial charge on any atom is -0.481 e. The number of rotatable bonds is 6. The topological polar surface area (TPSA) is 58.6 Å². The summed E-state index contributed by atoms with van der Waals surface area (Å²) in [6.07, 6.45) is 2.83. The molecule has 0 bridgehead atoms. The minimum absolute atomic E-state index is 0.000507. The zero-order chi connectivity index (χ0) is 13.7. The molecule has 1 saturated carbocycles. The third-order valence-corrected chi connectivity index (χ3v) is 3.69. The quantitative estimate of drug-likeness (QED) is 0.824. The third-order valence-electron chi connectivity index (χ3n) is 3.69. The molecule has 0 saturated heterocycles. The molecule has 19 heavy (non-hydrogen) atoms. The summed E-state index contributed by atoms with van der Waals surface area (Å²) in [4.78, 5) is 12.2. The number of hydrogen-bond donors (Lipinski definition) is 2. The van der Waals surface area contributed by atoms with Crippen molar-refractivity contribution < 1.29 is 14.6 Å². The van der Waals surface area contributed by atoms with Gasteiger partial charge in [0.25, 0.3) is 5.91 Å². The van der Waals surface area contributed by atoms with Crippen LogP contribution in [0.2, 0.25) is 0 Å². The van der Waals surface area contributed by atoms with Crippen LogP contribution in [0.4, 0.5) is 0 Å². The number of carbonyl (C=O) groups excluding carboxylic acids is 1. The molecule has 2 N–H and O–H groups in total. The molecule has 0 spiro atoms. The fraction of sp³-hybridized carbons (Fsp3) is 0.533. The molecule has 1 atom stereocenters. The molecular weight excluding hydrogens is 242 g/mol. The molecule has 1 amide bonds. The molecule has 1 aromatic rings. The van der Waals surface area contributed by atoms with E-state index in [9.17, 15) is 9.90 Å². The Labute approximate surface area is 113 Å². The Morgan fingerprint density at radius 1 is 1.42 bits per heavy atom. The summed E-state index contributed by atoms with van der Waals surface area (Å²) < 4.78 is 5.69. The third kappa shape index (κ3) is 3.26. The minimum atomic E-state index is -0.508. The molecule has 0 aliphatic heterocycles. The second-order valence-corrected chi connectivity index (χ2v) is 5.11. The number of aliphatic hydroxyl groups excluding tert-OH is 1. The van der Waals surface area contributed by atoms with E-state index in [0.717, 1.165) is 19.3 Å². The van der Waals surface area contributed by atoms with Gasteiger partial charge in [-0.3, -0.25) is 4.79 Å². The van der Waals surface area contributed by atoms with E-state index >= 15 is 0 Å². The number of benzene rings is 1. The summed E-state index contributed by atoms with van der Waals surface area (Å²) in [5.74, 6) is 0.552. The van der Waals surface area contributed by atoms with Crippen molar-refractivity contribution in [3.63, 3.8) is 0 Å². The highest BCUT2D eigenvalue weighted by Crippen LogP contribution is 2.31. The average Bonchev–Trinajstić information content (AvgIpc) is 2.41. The number of para-hydroxylation sites is 1. The average molecular weight is 263 g/mol. The van der Waals surface area contributed by atoms with Gasteiger partial charge >= 0.3 is 0 Å². The van der Waals surface area contributed by atoms with Crippen molar-refractivity contribution in [3.05, 3.63) is 30.3 Å². The lowest BCUT2D eigenvalue weighted by atomic mass is 9.77. The maximum Gasteiger partial charge on any atom is 0.261 e. The van der Waals surface area contributed by atoms with Crippen molar-refractivity contribution in [2.24, 2.45) is 0 Å². The summed E-state index contributed by atoms with van der Waals surface area (Å²) in [6.45, 7) is 1.92. The lowest BCUT2D eigenvalue weighted by molar-refractivity contribution is -0.132. The van der Waals surface area contributed by atoms with Crippen LogP contribution in [0.15, 0.2) is 30.3 Å². The molecule has 0 radical (unpaired) electrons. The molecule has 1 aliphatic rings. The van der Waals surface area contributed by atoms with E-state index in [1.165, 1.54) is 0 Å². The van der Waals surface area contributed by atoms with Crippen LogP contribution in [0.5, 0.6) is 5.75 Å². The van der Waals surface area contributed by atoms with Gasteiger partial charge in [-0.05, 0) is 37.8 Å². The number of hydrogen-bond acceptors (Lipinski definition) is 3. The maximum atomic E-state index is 12.2. The monoisotopic (exact) mass is 263 g/mol. The zero-order valence-corrected chi connectivity index (χ0v) is 11.3.